The van der Waals surface area contributed by atoms with Gasteiger partial charge in [-0.25, -0.2) is 0 Å². The van der Waals surface area contributed by atoms with Crippen LogP contribution in [-0.2, 0) is 4.79 Å². The number of carbonyl (C=O) groups excluding carboxylic acids is 3. The van der Waals surface area contributed by atoms with E-state index in [1.165, 1.54) is 0 Å². The smallest absolute Gasteiger partial charge is 0.251 e. The van der Waals surface area contributed by atoms with Crippen molar-refractivity contribution >= 4 is 40.5 Å². The average molecular weight is 491 g/mol. The van der Waals surface area contributed by atoms with E-state index in [0.29, 0.717) is 23.1 Å². The SMILES string of the molecule is CCCC(C(=O)CNC(=O)c1ccccc1)c1cccc(C(N)=O)c1C=Cc1ccc2ccccc2c1. The van der Waals surface area contributed by atoms with Gasteiger partial charge in [0.15, 0.2) is 5.78 Å². The molecule has 0 aromatic heterocycles. The van der Waals surface area contributed by atoms with Gasteiger partial charge in [0.1, 0.15) is 0 Å². The first-order chi connectivity index (χ1) is 18.0. The second-order valence-electron chi connectivity index (χ2n) is 8.97. The minimum atomic E-state index is -0.555. The van der Waals surface area contributed by atoms with Crippen LogP contribution in [0.1, 0.15) is 63.1 Å². The Labute approximate surface area is 217 Å². The molecule has 37 heavy (non-hydrogen) atoms. The number of ketones is 1. The van der Waals surface area contributed by atoms with Gasteiger partial charge in [0, 0.05) is 17.0 Å². The van der Waals surface area contributed by atoms with E-state index in [1.807, 2.05) is 49.4 Å². The fourth-order valence-corrected chi connectivity index (χ4v) is 4.54. The summed E-state index contributed by atoms with van der Waals surface area (Å²) in [6.07, 6.45) is 5.14. The number of hydrogen-bond donors (Lipinski definition) is 2. The number of primary amides is 1. The van der Waals surface area contributed by atoms with Crippen molar-refractivity contribution in [3.05, 3.63) is 119 Å². The molecule has 0 spiro atoms. The van der Waals surface area contributed by atoms with Crippen LogP contribution in [0.5, 0.6) is 0 Å². The highest BCUT2D eigenvalue weighted by Gasteiger charge is 2.24. The highest BCUT2D eigenvalue weighted by Crippen LogP contribution is 2.30. The number of hydrogen-bond acceptors (Lipinski definition) is 3. The van der Waals surface area contributed by atoms with Gasteiger partial charge in [-0.2, -0.15) is 0 Å². The number of carbonyl (C=O) groups is 3. The van der Waals surface area contributed by atoms with E-state index in [4.69, 9.17) is 5.73 Å². The zero-order valence-corrected chi connectivity index (χ0v) is 20.8. The highest BCUT2D eigenvalue weighted by molar-refractivity contribution is 6.01. The summed E-state index contributed by atoms with van der Waals surface area (Å²) in [6, 6.07) is 28.3. The maximum absolute atomic E-state index is 13.4. The van der Waals surface area contributed by atoms with Gasteiger partial charge in [0.2, 0.25) is 5.91 Å². The Balaban J connectivity index is 1.64. The Hall–Kier alpha value is -4.51. The summed E-state index contributed by atoms with van der Waals surface area (Å²) in [5.41, 5.74) is 8.91. The summed E-state index contributed by atoms with van der Waals surface area (Å²) >= 11 is 0. The second kappa shape index (κ2) is 12.0. The molecule has 5 nitrogen and oxygen atoms in total. The van der Waals surface area contributed by atoms with Crippen LogP contribution in [-0.4, -0.2) is 24.1 Å². The van der Waals surface area contributed by atoms with E-state index >= 15 is 0 Å². The summed E-state index contributed by atoms with van der Waals surface area (Å²) in [5.74, 6) is -1.46. The van der Waals surface area contributed by atoms with E-state index in [9.17, 15) is 14.4 Å². The Morgan fingerprint density at radius 3 is 2.30 bits per heavy atom. The van der Waals surface area contributed by atoms with Gasteiger partial charge >= 0.3 is 0 Å². The molecule has 3 N–H and O–H groups in total. The number of fused-ring (bicyclic) bond motifs is 1. The molecule has 0 radical (unpaired) electrons. The molecule has 1 unspecified atom stereocenters. The van der Waals surface area contributed by atoms with Gasteiger partial charge in [-0.05, 0) is 58.1 Å². The summed E-state index contributed by atoms with van der Waals surface area (Å²) in [5, 5.41) is 5.00. The van der Waals surface area contributed by atoms with Gasteiger partial charge in [0.25, 0.3) is 5.91 Å². The number of Topliss-reactive ketones (excluding diaryl/α,β-unsaturated/α-hetero) is 1. The lowest BCUT2D eigenvalue weighted by atomic mass is 9.84. The Bertz CT molecular complexity index is 1460. The van der Waals surface area contributed by atoms with Crippen molar-refractivity contribution in [3.8, 4) is 0 Å². The maximum Gasteiger partial charge on any atom is 0.251 e. The van der Waals surface area contributed by atoms with Crippen LogP contribution >= 0.6 is 0 Å². The third-order valence-corrected chi connectivity index (χ3v) is 6.42. The van der Waals surface area contributed by atoms with Crippen LogP contribution < -0.4 is 11.1 Å². The van der Waals surface area contributed by atoms with Gasteiger partial charge in [-0.3, -0.25) is 14.4 Å². The molecule has 0 saturated carbocycles. The molecule has 0 heterocycles. The van der Waals surface area contributed by atoms with Crippen molar-refractivity contribution in [3.63, 3.8) is 0 Å². The highest BCUT2D eigenvalue weighted by atomic mass is 16.2. The van der Waals surface area contributed by atoms with E-state index in [1.54, 1.807) is 36.4 Å². The van der Waals surface area contributed by atoms with Crippen LogP contribution in [0.3, 0.4) is 0 Å². The minimum Gasteiger partial charge on any atom is -0.366 e. The lowest BCUT2D eigenvalue weighted by Crippen LogP contribution is -2.32. The molecule has 1 atom stereocenters. The molecule has 0 bridgehead atoms. The van der Waals surface area contributed by atoms with Gasteiger partial charge in [0.05, 0.1) is 6.54 Å². The third kappa shape index (κ3) is 6.19. The summed E-state index contributed by atoms with van der Waals surface area (Å²) in [6.45, 7) is 1.90. The molecule has 2 amide bonds. The molecule has 186 valence electrons. The first-order valence-corrected chi connectivity index (χ1v) is 12.4. The summed E-state index contributed by atoms with van der Waals surface area (Å²) in [4.78, 5) is 38.2. The van der Waals surface area contributed by atoms with Gasteiger partial charge in [-0.15, -0.1) is 0 Å². The molecule has 0 aliphatic heterocycles. The van der Waals surface area contributed by atoms with Crippen molar-refractivity contribution in [2.45, 2.75) is 25.7 Å². The molecular weight excluding hydrogens is 460 g/mol. The monoisotopic (exact) mass is 490 g/mol. The van der Waals surface area contributed by atoms with Crippen LogP contribution in [0.25, 0.3) is 22.9 Å². The quantitative estimate of drug-likeness (QED) is 0.268. The number of nitrogens with two attached hydrogens (primary N) is 1. The number of rotatable bonds is 10. The lowest BCUT2D eigenvalue weighted by molar-refractivity contribution is -0.119. The zero-order valence-electron chi connectivity index (χ0n) is 20.8. The molecule has 0 fully saturated rings. The molecule has 4 aromatic carbocycles. The fourth-order valence-electron chi connectivity index (χ4n) is 4.54. The predicted octanol–water partition coefficient (Wildman–Crippen LogP) is 5.99. The molecule has 4 rings (SSSR count). The number of amides is 2. The maximum atomic E-state index is 13.4. The van der Waals surface area contributed by atoms with Gasteiger partial charge < -0.3 is 11.1 Å². The molecule has 5 heteroatoms. The Morgan fingerprint density at radius 1 is 0.838 bits per heavy atom. The van der Waals surface area contributed by atoms with E-state index in [-0.39, 0.29) is 18.2 Å². The summed E-state index contributed by atoms with van der Waals surface area (Å²) < 4.78 is 0. The molecule has 0 aliphatic rings. The molecular formula is C32H30N2O3. The first kappa shape index (κ1) is 25.6. The van der Waals surface area contributed by atoms with Crippen LogP contribution in [0.15, 0.2) is 91.0 Å². The van der Waals surface area contributed by atoms with Crippen molar-refractivity contribution < 1.29 is 14.4 Å². The Kier molecular flexibility index (Phi) is 8.26. The Morgan fingerprint density at radius 2 is 1.57 bits per heavy atom. The number of benzene rings is 4. The van der Waals surface area contributed by atoms with E-state index in [0.717, 1.165) is 28.3 Å². The largest absolute Gasteiger partial charge is 0.366 e. The van der Waals surface area contributed by atoms with E-state index < -0.39 is 11.8 Å². The van der Waals surface area contributed by atoms with Crippen molar-refractivity contribution in [1.29, 1.82) is 0 Å². The van der Waals surface area contributed by atoms with Crippen LogP contribution in [0.2, 0.25) is 0 Å². The van der Waals surface area contributed by atoms with Crippen LogP contribution in [0.4, 0.5) is 0 Å². The standard InChI is InChI=1S/C32H30N2O3/c1-2-9-28(30(35)21-34-32(37)24-11-4-3-5-12-24)26-14-8-15-29(31(33)36)27(26)19-17-22-16-18-23-10-6-7-13-25(23)20-22/h3-8,10-20,28H,2,9,21H2,1H3,(H2,33,36)(H,34,37). The van der Waals surface area contributed by atoms with Crippen LogP contribution in [0, 0.1) is 0 Å². The zero-order chi connectivity index (χ0) is 26.2. The molecule has 0 saturated heterocycles. The van der Waals surface area contributed by atoms with E-state index in [2.05, 4.69) is 29.6 Å². The third-order valence-electron chi connectivity index (χ3n) is 6.42. The van der Waals surface area contributed by atoms with Gasteiger partial charge in [-0.1, -0.05) is 92.2 Å². The normalized spacial score (nSPS) is 11.9. The lowest BCUT2D eigenvalue weighted by Gasteiger charge is -2.20. The predicted molar refractivity (Wildman–Crippen MR) is 149 cm³/mol. The minimum absolute atomic E-state index is 0.104. The second-order valence-corrected chi connectivity index (χ2v) is 8.97. The number of nitrogens with one attached hydrogen (secondary N) is 1. The average Bonchev–Trinajstić information content (AvgIpc) is 2.93. The fraction of sp³-hybridized carbons (Fsp3) is 0.156. The molecule has 0 aliphatic carbocycles. The summed E-state index contributed by atoms with van der Waals surface area (Å²) in [7, 11) is 0. The topological polar surface area (TPSA) is 89.3 Å². The first-order valence-electron chi connectivity index (χ1n) is 12.4. The molecule has 4 aromatic rings. The van der Waals surface area contributed by atoms with Crippen molar-refractivity contribution in [2.75, 3.05) is 6.54 Å². The van der Waals surface area contributed by atoms with Crippen molar-refractivity contribution in [1.82, 2.24) is 5.32 Å². The van der Waals surface area contributed by atoms with Crippen molar-refractivity contribution in [2.24, 2.45) is 5.73 Å².